The molecule has 0 saturated heterocycles. The van der Waals surface area contributed by atoms with Gasteiger partial charge >= 0.3 is 0 Å². The van der Waals surface area contributed by atoms with Gasteiger partial charge in [-0.1, -0.05) is 24.3 Å². The van der Waals surface area contributed by atoms with Gasteiger partial charge in [-0.25, -0.2) is 13.1 Å². The SMILES string of the molecule is CC(C)(CO)NS(=O)(=O)c1ccc(-c2cccc(CC(=O)C3(c4ccc5c(c4)OCO5)CC3)n2)cc1. The Morgan fingerprint density at radius 1 is 1.06 bits per heavy atom. The minimum atomic E-state index is -3.78. The van der Waals surface area contributed by atoms with Crippen molar-refractivity contribution in [3.8, 4) is 22.8 Å². The molecule has 1 fully saturated rings. The summed E-state index contributed by atoms with van der Waals surface area (Å²) in [6.45, 7) is 3.08. The molecule has 0 atom stereocenters. The number of nitrogens with one attached hydrogen (secondary N) is 1. The topological polar surface area (TPSA) is 115 Å². The van der Waals surface area contributed by atoms with Crippen molar-refractivity contribution >= 4 is 15.8 Å². The van der Waals surface area contributed by atoms with Crippen molar-refractivity contribution in [2.75, 3.05) is 13.4 Å². The van der Waals surface area contributed by atoms with E-state index in [1.807, 2.05) is 36.4 Å². The maximum atomic E-state index is 13.3. The quantitative estimate of drug-likeness (QED) is 0.455. The highest BCUT2D eigenvalue weighted by molar-refractivity contribution is 7.89. The molecule has 36 heavy (non-hydrogen) atoms. The molecule has 8 nitrogen and oxygen atoms in total. The van der Waals surface area contributed by atoms with Crippen LogP contribution in [0.4, 0.5) is 0 Å². The van der Waals surface area contributed by atoms with E-state index in [4.69, 9.17) is 9.47 Å². The maximum Gasteiger partial charge on any atom is 0.241 e. The highest BCUT2D eigenvalue weighted by atomic mass is 32.2. The number of aromatic nitrogens is 1. The lowest BCUT2D eigenvalue weighted by Gasteiger charge is -2.23. The molecule has 188 valence electrons. The second kappa shape index (κ2) is 8.99. The summed E-state index contributed by atoms with van der Waals surface area (Å²) >= 11 is 0. The summed E-state index contributed by atoms with van der Waals surface area (Å²) in [6, 6.07) is 17.6. The average molecular weight is 509 g/mol. The molecule has 2 N–H and O–H groups in total. The molecular weight excluding hydrogens is 480 g/mol. The minimum Gasteiger partial charge on any atom is -0.454 e. The monoisotopic (exact) mass is 508 g/mol. The lowest BCUT2D eigenvalue weighted by molar-refractivity contribution is -0.120. The first-order valence-corrected chi connectivity index (χ1v) is 13.2. The third kappa shape index (κ3) is 4.74. The summed E-state index contributed by atoms with van der Waals surface area (Å²) in [5, 5.41) is 9.37. The summed E-state index contributed by atoms with van der Waals surface area (Å²) < 4.78 is 38.6. The van der Waals surface area contributed by atoms with Crippen LogP contribution in [0.15, 0.2) is 65.6 Å². The summed E-state index contributed by atoms with van der Waals surface area (Å²) in [5.41, 5.74) is 1.52. The summed E-state index contributed by atoms with van der Waals surface area (Å²) in [5.74, 6) is 1.49. The van der Waals surface area contributed by atoms with Crippen molar-refractivity contribution in [3.05, 3.63) is 71.9 Å². The Bertz CT molecular complexity index is 1410. The summed E-state index contributed by atoms with van der Waals surface area (Å²) in [6.07, 6.45) is 1.79. The van der Waals surface area contributed by atoms with Crippen molar-refractivity contribution in [1.82, 2.24) is 9.71 Å². The number of carbonyl (C=O) groups is 1. The predicted octanol–water partition coefficient (Wildman–Crippen LogP) is 3.37. The number of ketones is 1. The van der Waals surface area contributed by atoms with Crippen LogP contribution in [0.5, 0.6) is 11.5 Å². The zero-order valence-corrected chi connectivity index (χ0v) is 21.0. The molecule has 2 aliphatic rings. The molecule has 1 aliphatic heterocycles. The number of Topliss-reactive ketones (excluding diaryl/α,β-unsaturated/α-hetero) is 1. The number of benzene rings is 2. The molecule has 2 aromatic carbocycles. The van der Waals surface area contributed by atoms with Crippen molar-refractivity contribution in [1.29, 1.82) is 0 Å². The lowest BCUT2D eigenvalue weighted by atomic mass is 9.88. The molecule has 1 saturated carbocycles. The smallest absolute Gasteiger partial charge is 0.241 e. The van der Waals surface area contributed by atoms with Gasteiger partial charge in [-0.3, -0.25) is 9.78 Å². The van der Waals surface area contributed by atoms with Crippen LogP contribution in [-0.4, -0.2) is 43.2 Å². The van der Waals surface area contributed by atoms with Gasteiger partial charge in [0.2, 0.25) is 16.8 Å². The summed E-state index contributed by atoms with van der Waals surface area (Å²) in [4.78, 5) is 18.1. The van der Waals surface area contributed by atoms with Gasteiger partial charge in [0.1, 0.15) is 5.78 Å². The number of carbonyl (C=O) groups excluding carboxylic acids is 1. The normalized spacial score (nSPS) is 16.1. The molecule has 0 bridgehead atoms. The zero-order chi connectivity index (χ0) is 25.6. The third-order valence-electron chi connectivity index (χ3n) is 6.62. The number of hydrogen-bond donors (Lipinski definition) is 2. The van der Waals surface area contributed by atoms with Gasteiger partial charge in [0.05, 0.1) is 28.2 Å². The van der Waals surface area contributed by atoms with E-state index in [0.717, 1.165) is 24.0 Å². The average Bonchev–Trinajstić information content (AvgIpc) is 3.54. The van der Waals surface area contributed by atoms with Crippen LogP contribution in [0.2, 0.25) is 0 Å². The van der Waals surface area contributed by atoms with Crippen LogP contribution in [0.25, 0.3) is 11.3 Å². The van der Waals surface area contributed by atoms with Gasteiger partial charge in [-0.2, -0.15) is 0 Å². The van der Waals surface area contributed by atoms with Crippen LogP contribution in [0.1, 0.15) is 37.9 Å². The number of pyridine rings is 1. The maximum absolute atomic E-state index is 13.3. The van der Waals surface area contributed by atoms with Crippen LogP contribution >= 0.6 is 0 Å². The van der Waals surface area contributed by atoms with Crippen molar-refractivity contribution in [2.24, 2.45) is 0 Å². The van der Waals surface area contributed by atoms with Gasteiger partial charge in [-0.15, -0.1) is 0 Å². The Morgan fingerprint density at radius 3 is 2.47 bits per heavy atom. The van der Waals surface area contributed by atoms with E-state index < -0.39 is 21.0 Å². The molecule has 0 radical (unpaired) electrons. The molecule has 9 heteroatoms. The minimum absolute atomic E-state index is 0.0958. The number of nitrogens with zero attached hydrogens (tertiary/aromatic N) is 1. The third-order valence-corrected chi connectivity index (χ3v) is 8.34. The molecule has 3 aromatic rings. The second-order valence-corrected chi connectivity index (χ2v) is 11.6. The van der Waals surface area contributed by atoms with Gasteiger partial charge < -0.3 is 14.6 Å². The standard InChI is InChI=1S/C27H28N2O6S/c1-26(2,16-30)29-36(32,33)21-9-6-18(7-10-21)22-5-3-4-20(28-22)15-25(31)27(12-13-27)19-8-11-23-24(14-19)35-17-34-23/h3-11,14,29-30H,12-13,15-17H2,1-2H3. The molecule has 5 rings (SSSR count). The van der Waals surface area contributed by atoms with E-state index in [1.54, 1.807) is 26.0 Å². The molecule has 0 unspecified atom stereocenters. The second-order valence-electron chi connectivity index (χ2n) is 9.94. The van der Waals surface area contributed by atoms with Crippen molar-refractivity contribution in [2.45, 2.75) is 49.0 Å². The first-order valence-electron chi connectivity index (χ1n) is 11.8. The number of fused-ring (bicyclic) bond motifs is 1. The number of rotatable bonds is 9. The Hall–Kier alpha value is -3.27. The molecule has 2 heterocycles. The zero-order valence-electron chi connectivity index (χ0n) is 20.2. The fourth-order valence-corrected chi connectivity index (χ4v) is 5.78. The fourth-order valence-electron chi connectivity index (χ4n) is 4.38. The van der Waals surface area contributed by atoms with E-state index in [0.29, 0.717) is 22.9 Å². The Labute approximate surface area is 210 Å². The molecule has 1 aliphatic carbocycles. The van der Waals surface area contributed by atoms with Crippen molar-refractivity contribution < 1.29 is 27.8 Å². The van der Waals surface area contributed by atoms with Gasteiger partial charge in [0, 0.05) is 17.7 Å². The Balaban J connectivity index is 1.32. The van der Waals surface area contributed by atoms with E-state index in [9.17, 15) is 18.3 Å². The van der Waals surface area contributed by atoms with Gasteiger partial charge in [0.15, 0.2) is 11.5 Å². The number of hydrogen-bond acceptors (Lipinski definition) is 7. The van der Waals surface area contributed by atoms with Crippen LogP contribution in [0.3, 0.4) is 0 Å². The van der Waals surface area contributed by atoms with E-state index in [1.165, 1.54) is 12.1 Å². The number of sulfonamides is 1. The molecule has 0 amide bonds. The molecule has 1 aromatic heterocycles. The van der Waals surface area contributed by atoms with E-state index in [2.05, 4.69) is 9.71 Å². The number of aliphatic hydroxyl groups excluding tert-OH is 1. The first kappa shape index (κ1) is 24.4. The number of aliphatic hydroxyl groups is 1. The Kier molecular flexibility index (Phi) is 6.10. The van der Waals surface area contributed by atoms with Gasteiger partial charge in [0.25, 0.3) is 0 Å². The highest BCUT2D eigenvalue weighted by Gasteiger charge is 2.51. The van der Waals surface area contributed by atoms with Crippen LogP contribution < -0.4 is 14.2 Å². The molecule has 0 spiro atoms. The van der Waals surface area contributed by atoms with Crippen LogP contribution in [-0.2, 0) is 26.7 Å². The van der Waals surface area contributed by atoms with Gasteiger partial charge in [-0.05, 0) is 68.7 Å². The predicted molar refractivity (Wildman–Crippen MR) is 133 cm³/mol. The highest BCUT2D eigenvalue weighted by Crippen LogP contribution is 2.51. The molecular formula is C27H28N2O6S. The van der Waals surface area contributed by atoms with E-state index in [-0.39, 0.29) is 30.5 Å². The largest absolute Gasteiger partial charge is 0.454 e. The number of ether oxygens (including phenoxy) is 2. The lowest BCUT2D eigenvalue weighted by Crippen LogP contribution is -2.46. The van der Waals surface area contributed by atoms with E-state index >= 15 is 0 Å². The summed E-state index contributed by atoms with van der Waals surface area (Å²) in [7, 11) is -3.78. The van der Waals surface area contributed by atoms with Crippen molar-refractivity contribution in [3.63, 3.8) is 0 Å². The van der Waals surface area contributed by atoms with Crippen LogP contribution in [0, 0.1) is 0 Å². The Morgan fingerprint density at radius 2 is 1.78 bits per heavy atom. The fraction of sp³-hybridized carbons (Fsp3) is 0.333. The first-order chi connectivity index (χ1) is 17.1.